The molecule has 262 valence electrons. The lowest BCUT2D eigenvalue weighted by atomic mass is 9.33. The molecule has 5 fully saturated rings. The third kappa shape index (κ3) is 5.86. The van der Waals surface area contributed by atoms with E-state index in [4.69, 9.17) is 9.97 Å². The zero-order chi connectivity index (χ0) is 33.9. The monoisotopic (exact) mass is 669 g/mol. The zero-order valence-electron chi connectivity index (χ0n) is 29.3. The summed E-state index contributed by atoms with van der Waals surface area (Å²) in [6.07, 6.45) is 15.5. The van der Waals surface area contributed by atoms with Crippen LogP contribution in [-0.2, 0) is 31.2 Å². The SMILES string of the molecule is CC[C@@H](NCc1nc2c(c(N[C@@H](CN3C4CCCC3CCC4)c3cnn(C)c3C)n1)C[C@H](c1cccc(F)c1)CC2)C12CC(C(=O)O)(C1)C2. The number of halogens is 1. The van der Waals surface area contributed by atoms with Crippen LogP contribution in [0.5, 0.6) is 0 Å². The largest absolute Gasteiger partial charge is 0.481 e. The lowest BCUT2D eigenvalue weighted by Gasteiger charge is -2.71. The molecule has 2 saturated heterocycles. The minimum Gasteiger partial charge on any atom is -0.481 e. The van der Waals surface area contributed by atoms with Crippen LogP contribution in [0, 0.1) is 23.6 Å². The van der Waals surface area contributed by atoms with Gasteiger partial charge in [0.1, 0.15) is 17.5 Å². The van der Waals surface area contributed by atoms with Crippen molar-refractivity contribution in [2.24, 2.45) is 17.9 Å². The maximum atomic E-state index is 14.3. The molecule has 3 aromatic rings. The Hall–Kier alpha value is -3.37. The molecule has 4 heterocycles. The topological polar surface area (TPSA) is 108 Å². The summed E-state index contributed by atoms with van der Waals surface area (Å²) in [5, 5.41) is 22.2. The molecule has 4 bridgehead atoms. The first-order valence-corrected chi connectivity index (χ1v) is 18.8. The van der Waals surface area contributed by atoms with Gasteiger partial charge in [0.05, 0.1) is 24.2 Å². The fourth-order valence-electron chi connectivity index (χ4n) is 10.6. The average molecular weight is 670 g/mol. The zero-order valence-corrected chi connectivity index (χ0v) is 29.3. The van der Waals surface area contributed by atoms with Crippen LogP contribution >= 0.6 is 0 Å². The van der Waals surface area contributed by atoms with Gasteiger partial charge in [-0.2, -0.15) is 5.10 Å². The summed E-state index contributed by atoms with van der Waals surface area (Å²) < 4.78 is 16.3. The second-order valence-electron chi connectivity index (χ2n) is 16.1. The standard InChI is InChI=1S/C39H52FN7O2/c1-4-34(38-21-39(22-38,23-38)37(48)49)41-19-35-43-32-15-14-26(25-8-5-9-27(40)16-25)17-30(32)36(45-35)44-33(31-18-42-46(3)24(31)2)20-47-28-10-6-11-29(47)13-7-12-28/h5,8-9,16,18,26,28-29,33-34,41H,4,6-7,10-15,17,19-23H2,1-3H3,(H,48,49)(H,43,44,45)/t26-,28?,29?,33+,34-,38?,39?/m1/s1. The Morgan fingerprint density at radius 1 is 1.10 bits per heavy atom. The Kier molecular flexibility index (Phi) is 8.54. The highest BCUT2D eigenvalue weighted by molar-refractivity contribution is 5.79. The predicted octanol–water partition coefficient (Wildman–Crippen LogP) is 6.61. The van der Waals surface area contributed by atoms with Gasteiger partial charge in [-0.25, -0.2) is 14.4 Å². The highest BCUT2D eigenvalue weighted by atomic mass is 19.1. The Balaban J connectivity index is 1.11. The Morgan fingerprint density at radius 2 is 1.84 bits per heavy atom. The molecule has 6 aliphatic rings. The van der Waals surface area contributed by atoms with E-state index in [0.29, 0.717) is 18.6 Å². The number of hydrogen-bond acceptors (Lipinski definition) is 7. The fourth-order valence-corrected chi connectivity index (χ4v) is 10.6. The normalized spacial score (nSPS) is 30.1. The van der Waals surface area contributed by atoms with Gasteiger partial charge in [0.15, 0.2) is 0 Å². The molecular weight excluding hydrogens is 617 g/mol. The Bertz CT molecular complexity index is 1680. The second-order valence-corrected chi connectivity index (χ2v) is 16.1. The van der Waals surface area contributed by atoms with Gasteiger partial charge in [-0.3, -0.25) is 14.4 Å². The van der Waals surface area contributed by atoms with Gasteiger partial charge in [-0.15, -0.1) is 0 Å². The summed E-state index contributed by atoms with van der Waals surface area (Å²) >= 11 is 0. The lowest BCUT2D eigenvalue weighted by Crippen LogP contribution is -2.71. The van der Waals surface area contributed by atoms with Gasteiger partial charge < -0.3 is 15.7 Å². The van der Waals surface area contributed by atoms with Gasteiger partial charge in [0.2, 0.25) is 0 Å². The summed E-state index contributed by atoms with van der Waals surface area (Å²) in [6.45, 7) is 5.80. The number of piperidine rings is 2. The lowest BCUT2D eigenvalue weighted by molar-refractivity contribution is -0.233. The van der Waals surface area contributed by atoms with E-state index in [2.05, 4.69) is 34.5 Å². The number of nitrogens with one attached hydrogen (secondary N) is 2. The molecular formula is C39H52FN7O2. The predicted molar refractivity (Wildman–Crippen MR) is 187 cm³/mol. The molecule has 3 atom stereocenters. The maximum absolute atomic E-state index is 14.3. The summed E-state index contributed by atoms with van der Waals surface area (Å²) in [4.78, 5) is 25.0. The number of hydrogen-bond donors (Lipinski definition) is 3. The summed E-state index contributed by atoms with van der Waals surface area (Å²) in [7, 11) is 2.01. The molecule has 9 nitrogen and oxygen atoms in total. The van der Waals surface area contributed by atoms with Crippen molar-refractivity contribution < 1.29 is 14.3 Å². The number of nitrogens with zero attached hydrogens (tertiary/aromatic N) is 5. The number of fused-ring (bicyclic) bond motifs is 3. The molecule has 0 spiro atoms. The quantitative estimate of drug-likeness (QED) is 0.198. The van der Waals surface area contributed by atoms with Gasteiger partial charge in [-0.1, -0.05) is 31.9 Å². The van der Waals surface area contributed by atoms with Crippen LogP contribution in [0.15, 0.2) is 30.5 Å². The first-order chi connectivity index (χ1) is 23.7. The van der Waals surface area contributed by atoms with Gasteiger partial charge in [0.25, 0.3) is 0 Å². The van der Waals surface area contributed by atoms with Gasteiger partial charge >= 0.3 is 5.97 Å². The van der Waals surface area contributed by atoms with Crippen molar-refractivity contribution >= 4 is 11.8 Å². The van der Waals surface area contributed by atoms with Crippen LogP contribution in [0.1, 0.15) is 123 Å². The van der Waals surface area contributed by atoms with E-state index in [9.17, 15) is 14.3 Å². The van der Waals surface area contributed by atoms with Crippen LogP contribution in [-0.4, -0.2) is 60.4 Å². The molecule has 0 radical (unpaired) electrons. The van der Waals surface area contributed by atoms with Crippen molar-refractivity contribution in [3.63, 3.8) is 0 Å². The number of aromatic nitrogens is 4. The van der Waals surface area contributed by atoms with E-state index in [1.807, 2.05) is 30.1 Å². The third-order valence-corrected chi connectivity index (χ3v) is 13.3. The molecule has 49 heavy (non-hydrogen) atoms. The van der Waals surface area contributed by atoms with E-state index >= 15 is 0 Å². The van der Waals surface area contributed by atoms with Crippen molar-refractivity contribution in [3.05, 3.63) is 70.2 Å². The van der Waals surface area contributed by atoms with Crippen LogP contribution in [0.4, 0.5) is 10.2 Å². The molecule has 3 saturated carbocycles. The van der Waals surface area contributed by atoms with Crippen molar-refractivity contribution in [1.82, 2.24) is 30.0 Å². The number of anilines is 1. The molecule has 10 heteroatoms. The highest BCUT2D eigenvalue weighted by Gasteiger charge is 2.73. The average Bonchev–Trinajstić information content (AvgIpc) is 3.37. The fraction of sp³-hybridized carbons (Fsp3) is 0.641. The summed E-state index contributed by atoms with van der Waals surface area (Å²) in [6, 6.07) is 8.59. The van der Waals surface area contributed by atoms with E-state index in [1.165, 1.54) is 50.2 Å². The number of carboxylic acid groups (broad SMARTS) is 1. The molecule has 1 aromatic carbocycles. The highest BCUT2D eigenvalue weighted by Crippen LogP contribution is 2.75. The van der Waals surface area contributed by atoms with Crippen LogP contribution in [0.25, 0.3) is 0 Å². The molecule has 9 rings (SSSR count). The van der Waals surface area contributed by atoms with E-state index < -0.39 is 11.4 Å². The number of aryl methyl sites for hydroxylation is 2. The number of aliphatic carboxylic acids is 1. The van der Waals surface area contributed by atoms with Gasteiger partial charge in [0, 0.05) is 54.2 Å². The Morgan fingerprint density at radius 3 is 2.47 bits per heavy atom. The van der Waals surface area contributed by atoms with Crippen LogP contribution < -0.4 is 10.6 Å². The first-order valence-electron chi connectivity index (χ1n) is 18.8. The molecule has 0 amide bonds. The van der Waals surface area contributed by atoms with E-state index in [0.717, 1.165) is 85.6 Å². The van der Waals surface area contributed by atoms with Crippen LogP contribution in [0.2, 0.25) is 0 Å². The number of carboxylic acids is 1. The second kappa shape index (κ2) is 12.7. The number of benzene rings is 1. The molecule has 2 aliphatic heterocycles. The first kappa shape index (κ1) is 32.8. The van der Waals surface area contributed by atoms with Crippen LogP contribution in [0.3, 0.4) is 0 Å². The summed E-state index contributed by atoms with van der Waals surface area (Å²) in [5.41, 5.74) is 5.22. The number of carbonyl (C=O) groups is 1. The Labute approximate surface area is 289 Å². The minimum absolute atomic E-state index is 0.0145. The molecule has 3 N–H and O–H groups in total. The molecule has 0 unspecified atom stereocenters. The number of rotatable bonds is 12. The molecule has 4 aliphatic carbocycles. The van der Waals surface area contributed by atoms with Crippen molar-refractivity contribution in [3.8, 4) is 0 Å². The third-order valence-electron chi connectivity index (χ3n) is 13.3. The smallest absolute Gasteiger partial charge is 0.309 e. The molecule has 2 aromatic heterocycles. The van der Waals surface area contributed by atoms with E-state index in [-0.39, 0.29) is 29.2 Å². The summed E-state index contributed by atoms with van der Waals surface area (Å²) in [5.74, 6) is 1.04. The van der Waals surface area contributed by atoms with E-state index in [1.54, 1.807) is 6.07 Å². The maximum Gasteiger partial charge on any atom is 0.309 e. The minimum atomic E-state index is -0.638. The van der Waals surface area contributed by atoms with Gasteiger partial charge in [-0.05, 0) is 107 Å². The van der Waals surface area contributed by atoms with Crippen molar-refractivity contribution in [2.45, 2.75) is 134 Å². The van der Waals surface area contributed by atoms with Crippen molar-refractivity contribution in [2.75, 3.05) is 11.9 Å². The van der Waals surface area contributed by atoms with Crippen molar-refractivity contribution in [1.29, 1.82) is 0 Å².